The number of allylic oxidation sites excluding steroid dienone is 1. The molecule has 0 amide bonds. The molecule has 0 rings (SSSR count). The van der Waals surface area contributed by atoms with Gasteiger partial charge in [-0.1, -0.05) is 0 Å². The predicted octanol–water partition coefficient (Wildman–Crippen LogP) is 3.51. The Balaban J connectivity index is 4.80. The Hall–Kier alpha value is -0.267. The van der Waals surface area contributed by atoms with E-state index >= 15 is 0 Å². The van der Waals surface area contributed by atoms with Crippen molar-refractivity contribution in [2.45, 2.75) is 23.4 Å². The fourth-order valence-corrected chi connectivity index (χ4v) is 2.20. The Morgan fingerprint density at radius 3 is 1.54 bits per heavy atom. The zero-order chi connectivity index (χ0) is 10.9. The average molecular weight is 265 g/mol. The monoisotopic (exact) mass is 266 g/mol. The first-order valence-corrected chi connectivity index (χ1v) is 10.5. The van der Waals surface area contributed by atoms with Crippen LogP contribution in [0.1, 0.15) is 0 Å². The second-order valence-corrected chi connectivity index (χ2v) is 12.6. The fraction of sp³-hybridized carbons (Fsp3) is 0.667. The van der Waals surface area contributed by atoms with Crippen molar-refractivity contribution in [1.29, 1.82) is 0 Å². The van der Waals surface area contributed by atoms with Crippen LogP contribution in [-0.4, -0.2) is 19.8 Å². The molecular formula is C6H9F5GeO. The molecule has 0 saturated heterocycles. The van der Waals surface area contributed by atoms with Gasteiger partial charge in [0, 0.05) is 0 Å². The third kappa shape index (κ3) is 5.12. The molecule has 0 aliphatic rings. The second kappa shape index (κ2) is 3.85. The molecule has 0 aromatic rings. The average Bonchev–Trinajstić information content (AvgIpc) is 1.77. The summed E-state index contributed by atoms with van der Waals surface area (Å²) in [7, 11) is 0. The van der Waals surface area contributed by atoms with Gasteiger partial charge < -0.3 is 0 Å². The molecule has 0 saturated carbocycles. The molecule has 13 heavy (non-hydrogen) atoms. The maximum absolute atomic E-state index is 11.9. The number of rotatable bonds is 2. The summed E-state index contributed by atoms with van der Waals surface area (Å²) in [6, 6.07) is 0. The Morgan fingerprint density at radius 2 is 1.46 bits per heavy atom. The van der Waals surface area contributed by atoms with Gasteiger partial charge in [0.25, 0.3) is 0 Å². The summed E-state index contributed by atoms with van der Waals surface area (Å²) in [5.74, 6) is 2.18. The van der Waals surface area contributed by atoms with Crippen molar-refractivity contribution in [1.82, 2.24) is 0 Å². The molecule has 7 heteroatoms. The van der Waals surface area contributed by atoms with Gasteiger partial charge in [0.15, 0.2) is 0 Å². The van der Waals surface area contributed by atoms with E-state index in [0.717, 1.165) is 0 Å². The zero-order valence-electron chi connectivity index (χ0n) is 7.30. The van der Waals surface area contributed by atoms with E-state index in [1.165, 1.54) is 17.3 Å². The van der Waals surface area contributed by atoms with Gasteiger partial charge in [-0.25, -0.2) is 0 Å². The Morgan fingerprint density at radius 1 is 1.08 bits per heavy atom. The van der Waals surface area contributed by atoms with E-state index in [9.17, 15) is 22.0 Å². The maximum atomic E-state index is 11.9. The van der Waals surface area contributed by atoms with Crippen molar-refractivity contribution in [2.24, 2.45) is 0 Å². The standard InChI is InChI=1S/C6H9F5GeO/c1-12(2,3)13-4(5(7)8)6(9,10)11/h1-3H3. The first-order valence-electron chi connectivity index (χ1n) is 3.35. The Labute approximate surface area is 75.3 Å². The summed E-state index contributed by atoms with van der Waals surface area (Å²) >= 11 is -3.12. The van der Waals surface area contributed by atoms with Crippen molar-refractivity contribution < 1.29 is 25.7 Å². The van der Waals surface area contributed by atoms with Crippen molar-refractivity contribution in [3.63, 3.8) is 0 Å². The summed E-state index contributed by atoms with van der Waals surface area (Å²) in [4.78, 5) is 0. The molecule has 0 fully saturated rings. The molecule has 1 nitrogen and oxygen atoms in total. The molecular weight excluding hydrogens is 256 g/mol. The fourth-order valence-electron chi connectivity index (χ4n) is 0.510. The van der Waals surface area contributed by atoms with Crippen molar-refractivity contribution >= 4 is 13.6 Å². The third-order valence-electron chi connectivity index (χ3n) is 0.837. The minimum atomic E-state index is -5.10. The van der Waals surface area contributed by atoms with Gasteiger partial charge in [-0.05, 0) is 0 Å². The molecule has 0 atom stereocenters. The molecule has 0 spiro atoms. The van der Waals surface area contributed by atoms with Crippen LogP contribution in [0, 0.1) is 0 Å². The number of halogens is 5. The van der Waals surface area contributed by atoms with Gasteiger partial charge in [0.2, 0.25) is 0 Å². The van der Waals surface area contributed by atoms with E-state index in [1.807, 2.05) is 0 Å². The number of hydrogen-bond donors (Lipinski definition) is 0. The van der Waals surface area contributed by atoms with Gasteiger partial charge in [0.1, 0.15) is 0 Å². The quantitative estimate of drug-likeness (QED) is 0.421. The molecule has 0 aliphatic heterocycles. The van der Waals surface area contributed by atoms with Crippen LogP contribution in [0.4, 0.5) is 22.0 Å². The molecule has 0 radical (unpaired) electrons. The number of hydrogen-bond acceptors (Lipinski definition) is 1. The van der Waals surface area contributed by atoms with Crippen LogP contribution < -0.4 is 0 Å². The summed E-state index contributed by atoms with van der Waals surface area (Å²) in [6.45, 7) is 0. The second-order valence-electron chi connectivity index (χ2n) is 3.30. The van der Waals surface area contributed by atoms with E-state index in [2.05, 4.69) is 3.76 Å². The third-order valence-corrected chi connectivity index (χ3v) is 2.55. The van der Waals surface area contributed by atoms with Crippen LogP contribution in [0.3, 0.4) is 0 Å². The van der Waals surface area contributed by atoms with Crippen molar-refractivity contribution in [3.05, 3.63) is 11.8 Å². The molecule has 0 heterocycles. The number of alkyl halides is 3. The van der Waals surface area contributed by atoms with Gasteiger partial charge in [-0.2, -0.15) is 0 Å². The van der Waals surface area contributed by atoms with E-state index < -0.39 is 31.6 Å². The molecule has 0 N–H and O–H groups in total. The first-order chi connectivity index (χ1) is 5.54. The van der Waals surface area contributed by atoms with Crippen LogP contribution in [0.2, 0.25) is 17.3 Å². The Kier molecular flexibility index (Phi) is 3.77. The summed E-state index contributed by atoms with van der Waals surface area (Å²) in [6.07, 6.45) is -7.91. The molecule has 0 aromatic carbocycles. The van der Waals surface area contributed by atoms with E-state index in [-0.39, 0.29) is 0 Å². The SMILES string of the molecule is [CH3][Ge]([CH3])([CH3])[O]C(=C(F)F)C(F)(F)F. The van der Waals surface area contributed by atoms with Gasteiger partial charge in [-0.3, -0.25) is 0 Å². The topological polar surface area (TPSA) is 9.23 Å². The Bertz CT molecular complexity index is 210. The van der Waals surface area contributed by atoms with Gasteiger partial charge in [-0.15, -0.1) is 0 Å². The molecule has 78 valence electrons. The first kappa shape index (κ1) is 12.7. The summed E-state index contributed by atoms with van der Waals surface area (Å²) < 4.78 is 63.4. The zero-order valence-corrected chi connectivity index (χ0v) is 9.40. The van der Waals surface area contributed by atoms with Crippen LogP contribution in [0.15, 0.2) is 11.8 Å². The summed E-state index contributed by atoms with van der Waals surface area (Å²) in [5, 5.41) is 0. The predicted molar refractivity (Wildman–Crippen MR) is 39.7 cm³/mol. The van der Waals surface area contributed by atoms with E-state index in [4.69, 9.17) is 0 Å². The summed E-state index contributed by atoms with van der Waals surface area (Å²) in [5.41, 5.74) is 0. The van der Waals surface area contributed by atoms with Crippen molar-refractivity contribution in [3.8, 4) is 0 Å². The van der Waals surface area contributed by atoms with Crippen LogP contribution in [0.5, 0.6) is 0 Å². The van der Waals surface area contributed by atoms with E-state index in [0.29, 0.717) is 0 Å². The van der Waals surface area contributed by atoms with Crippen molar-refractivity contribution in [2.75, 3.05) is 0 Å². The van der Waals surface area contributed by atoms with Gasteiger partial charge in [0.05, 0.1) is 0 Å². The van der Waals surface area contributed by atoms with Crippen LogP contribution >= 0.6 is 0 Å². The van der Waals surface area contributed by atoms with Gasteiger partial charge >= 0.3 is 74.6 Å². The molecule has 0 aliphatic carbocycles. The van der Waals surface area contributed by atoms with E-state index in [1.54, 1.807) is 0 Å². The molecule has 0 bridgehead atoms. The molecule has 0 unspecified atom stereocenters. The molecule has 0 aromatic heterocycles. The minimum absolute atomic E-state index is 1.44. The van der Waals surface area contributed by atoms with Crippen LogP contribution in [-0.2, 0) is 3.76 Å². The van der Waals surface area contributed by atoms with Crippen LogP contribution in [0.25, 0.3) is 0 Å². The normalized spacial score (nSPS) is 12.6.